The molecular formula is C16H24FN3O. The molecule has 0 atom stereocenters. The van der Waals surface area contributed by atoms with Gasteiger partial charge in [0.25, 0.3) is 0 Å². The third kappa shape index (κ3) is 4.43. The number of ether oxygens (including phenoxy) is 1. The molecule has 1 aromatic rings. The minimum Gasteiger partial charge on any atom is -0.383 e. The van der Waals surface area contributed by atoms with E-state index in [0.29, 0.717) is 13.2 Å². The first-order valence-corrected chi connectivity index (χ1v) is 7.47. The Labute approximate surface area is 125 Å². The summed E-state index contributed by atoms with van der Waals surface area (Å²) in [6.07, 6.45) is 2.13. The molecule has 0 heterocycles. The summed E-state index contributed by atoms with van der Waals surface area (Å²) >= 11 is 0. The van der Waals surface area contributed by atoms with Crippen molar-refractivity contribution in [1.29, 1.82) is 0 Å². The second-order valence-electron chi connectivity index (χ2n) is 5.41. The van der Waals surface area contributed by atoms with Gasteiger partial charge < -0.3 is 15.4 Å². The van der Waals surface area contributed by atoms with Crippen LogP contribution < -0.4 is 10.6 Å². The van der Waals surface area contributed by atoms with Gasteiger partial charge in [-0.2, -0.15) is 0 Å². The van der Waals surface area contributed by atoms with E-state index >= 15 is 0 Å². The molecule has 1 fully saturated rings. The number of hydrogen-bond donors (Lipinski definition) is 2. The van der Waals surface area contributed by atoms with Gasteiger partial charge in [-0.1, -0.05) is 12.1 Å². The number of nitrogens with zero attached hydrogens (tertiary/aromatic N) is 1. The van der Waals surface area contributed by atoms with Crippen LogP contribution in [0.4, 0.5) is 4.39 Å². The molecule has 0 bridgehead atoms. The van der Waals surface area contributed by atoms with E-state index in [1.54, 1.807) is 19.2 Å². The topological polar surface area (TPSA) is 45.7 Å². The summed E-state index contributed by atoms with van der Waals surface area (Å²) in [6, 6.07) is 6.89. The zero-order chi connectivity index (χ0) is 15.1. The minimum atomic E-state index is -0.173. The van der Waals surface area contributed by atoms with Crippen LogP contribution in [0.1, 0.15) is 25.3 Å². The lowest BCUT2D eigenvalue weighted by Gasteiger charge is -2.16. The van der Waals surface area contributed by atoms with Crippen LogP contribution in [-0.2, 0) is 10.2 Å². The van der Waals surface area contributed by atoms with Gasteiger partial charge >= 0.3 is 0 Å². The van der Waals surface area contributed by atoms with Crippen molar-refractivity contribution in [2.24, 2.45) is 4.99 Å². The van der Waals surface area contributed by atoms with E-state index in [-0.39, 0.29) is 11.2 Å². The molecule has 21 heavy (non-hydrogen) atoms. The predicted molar refractivity (Wildman–Crippen MR) is 83.2 cm³/mol. The molecule has 5 heteroatoms. The Hall–Kier alpha value is -1.62. The van der Waals surface area contributed by atoms with Gasteiger partial charge in [0.1, 0.15) is 5.82 Å². The SMILES string of the molecule is CCNC(=NCC1(c2cccc(F)c2)CC1)NCCOC. The van der Waals surface area contributed by atoms with E-state index in [1.807, 2.05) is 13.0 Å². The lowest BCUT2D eigenvalue weighted by Crippen LogP contribution is -2.39. The van der Waals surface area contributed by atoms with Gasteiger partial charge in [0.05, 0.1) is 13.2 Å². The van der Waals surface area contributed by atoms with Gasteiger partial charge in [0.2, 0.25) is 0 Å². The maximum atomic E-state index is 13.4. The first-order valence-electron chi connectivity index (χ1n) is 7.47. The number of aliphatic imine (C=N–C) groups is 1. The molecule has 0 aliphatic heterocycles. The lowest BCUT2D eigenvalue weighted by molar-refractivity contribution is 0.203. The van der Waals surface area contributed by atoms with Crippen LogP contribution >= 0.6 is 0 Å². The standard InChI is InChI=1S/C16H24FN3O/c1-3-18-15(19-9-10-21-2)20-12-16(7-8-16)13-5-4-6-14(17)11-13/h4-6,11H,3,7-10,12H2,1-2H3,(H2,18,19,20). The molecule has 0 spiro atoms. The van der Waals surface area contributed by atoms with Crippen molar-refractivity contribution in [2.45, 2.75) is 25.2 Å². The van der Waals surface area contributed by atoms with E-state index in [1.165, 1.54) is 6.07 Å². The molecule has 2 rings (SSSR count). The van der Waals surface area contributed by atoms with Crippen LogP contribution in [0.5, 0.6) is 0 Å². The molecule has 1 aliphatic carbocycles. The molecule has 4 nitrogen and oxygen atoms in total. The molecule has 1 aromatic carbocycles. The highest BCUT2D eigenvalue weighted by Gasteiger charge is 2.44. The monoisotopic (exact) mass is 293 g/mol. The molecule has 1 aliphatic rings. The van der Waals surface area contributed by atoms with Crippen LogP contribution in [0.3, 0.4) is 0 Å². The van der Waals surface area contributed by atoms with Gasteiger partial charge in [0.15, 0.2) is 5.96 Å². The van der Waals surface area contributed by atoms with E-state index in [0.717, 1.165) is 37.5 Å². The van der Waals surface area contributed by atoms with Gasteiger partial charge in [-0.05, 0) is 37.5 Å². The Balaban J connectivity index is 1.99. The molecular weight excluding hydrogens is 269 g/mol. The molecule has 2 N–H and O–H groups in total. The van der Waals surface area contributed by atoms with Gasteiger partial charge in [0, 0.05) is 25.6 Å². The van der Waals surface area contributed by atoms with Crippen molar-refractivity contribution in [3.8, 4) is 0 Å². The van der Waals surface area contributed by atoms with Gasteiger partial charge in [-0.15, -0.1) is 0 Å². The normalized spacial score (nSPS) is 16.6. The largest absolute Gasteiger partial charge is 0.383 e. The van der Waals surface area contributed by atoms with Crippen molar-refractivity contribution >= 4 is 5.96 Å². The van der Waals surface area contributed by atoms with Crippen LogP contribution in [-0.4, -0.2) is 39.3 Å². The molecule has 0 unspecified atom stereocenters. The number of hydrogen-bond acceptors (Lipinski definition) is 2. The van der Waals surface area contributed by atoms with Gasteiger partial charge in [-0.3, -0.25) is 4.99 Å². The quantitative estimate of drug-likeness (QED) is 0.459. The van der Waals surface area contributed by atoms with Crippen LogP contribution in [0.25, 0.3) is 0 Å². The van der Waals surface area contributed by atoms with Crippen molar-refractivity contribution in [1.82, 2.24) is 10.6 Å². The fraction of sp³-hybridized carbons (Fsp3) is 0.562. The van der Waals surface area contributed by atoms with Crippen molar-refractivity contribution in [3.05, 3.63) is 35.6 Å². The van der Waals surface area contributed by atoms with Crippen LogP contribution in [0, 0.1) is 5.82 Å². The number of guanidine groups is 1. The third-order valence-corrected chi connectivity index (χ3v) is 3.77. The fourth-order valence-corrected chi connectivity index (χ4v) is 2.35. The number of halogens is 1. The first kappa shape index (κ1) is 15.8. The molecule has 0 radical (unpaired) electrons. The first-order chi connectivity index (χ1) is 10.2. The average molecular weight is 293 g/mol. The van der Waals surface area contributed by atoms with E-state index in [4.69, 9.17) is 4.74 Å². The molecule has 0 amide bonds. The van der Waals surface area contributed by atoms with E-state index in [2.05, 4.69) is 15.6 Å². The summed E-state index contributed by atoms with van der Waals surface area (Å²) in [6.45, 7) is 4.88. The molecule has 0 saturated heterocycles. The maximum absolute atomic E-state index is 13.4. The van der Waals surface area contributed by atoms with E-state index < -0.39 is 0 Å². The summed E-state index contributed by atoms with van der Waals surface area (Å²) in [5.74, 6) is 0.616. The van der Waals surface area contributed by atoms with E-state index in [9.17, 15) is 4.39 Å². The number of benzene rings is 1. The Bertz CT molecular complexity index is 486. The Morgan fingerprint density at radius 2 is 2.19 bits per heavy atom. The number of nitrogens with one attached hydrogen (secondary N) is 2. The summed E-state index contributed by atoms with van der Waals surface area (Å²) < 4.78 is 18.4. The van der Waals surface area contributed by atoms with Crippen LogP contribution in [0.2, 0.25) is 0 Å². The zero-order valence-electron chi connectivity index (χ0n) is 12.8. The second kappa shape index (κ2) is 7.41. The summed E-state index contributed by atoms with van der Waals surface area (Å²) in [7, 11) is 1.68. The minimum absolute atomic E-state index is 0.0196. The molecule has 1 saturated carbocycles. The number of methoxy groups -OCH3 is 1. The van der Waals surface area contributed by atoms with Crippen LogP contribution in [0.15, 0.2) is 29.3 Å². The Kier molecular flexibility index (Phi) is 5.56. The predicted octanol–water partition coefficient (Wildman–Crippen LogP) is 2.06. The zero-order valence-corrected chi connectivity index (χ0v) is 12.8. The number of rotatable bonds is 7. The smallest absolute Gasteiger partial charge is 0.191 e. The lowest BCUT2D eigenvalue weighted by atomic mass is 9.96. The van der Waals surface area contributed by atoms with Crippen molar-refractivity contribution < 1.29 is 9.13 Å². The fourth-order valence-electron chi connectivity index (χ4n) is 2.35. The van der Waals surface area contributed by atoms with Crippen molar-refractivity contribution in [2.75, 3.05) is 33.4 Å². The highest BCUT2D eigenvalue weighted by Crippen LogP contribution is 2.48. The second-order valence-corrected chi connectivity index (χ2v) is 5.41. The highest BCUT2D eigenvalue weighted by molar-refractivity contribution is 5.79. The third-order valence-electron chi connectivity index (χ3n) is 3.77. The highest BCUT2D eigenvalue weighted by atomic mass is 19.1. The maximum Gasteiger partial charge on any atom is 0.191 e. The summed E-state index contributed by atoms with van der Waals surface area (Å²) in [5, 5.41) is 6.44. The Morgan fingerprint density at radius 3 is 2.81 bits per heavy atom. The summed E-state index contributed by atoms with van der Waals surface area (Å²) in [4.78, 5) is 4.64. The average Bonchev–Trinajstić information content (AvgIpc) is 3.26. The Morgan fingerprint density at radius 1 is 1.38 bits per heavy atom. The van der Waals surface area contributed by atoms with Gasteiger partial charge in [-0.25, -0.2) is 4.39 Å². The summed E-state index contributed by atoms with van der Waals surface area (Å²) in [5.41, 5.74) is 1.07. The molecule has 0 aromatic heterocycles. The molecule has 116 valence electrons. The van der Waals surface area contributed by atoms with Crippen molar-refractivity contribution in [3.63, 3.8) is 0 Å².